The summed E-state index contributed by atoms with van der Waals surface area (Å²) in [6.45, 7) is 0. The van der Waals surface area contributed by atoms with E-state index in [9.17, 15) is 4.79 Å². The van der Waals surface area contributed by atoms with Crippen molar-refractivity contribution in [3.05, 3.63) is 36.5 Å². The van der Waals surface area contributed by atoms with Crippen LogP contribution < -0.4 is 11.1 Å². The molecule has 0 radical (unpaired) electrons. The first-order valence-electron chi connectivity index (χ1n) is 4.18. The van der Waals surface area contributed by atoms with Crippen LogP contribution in [0.3, 0.4) is 0 Å². The molecule has 2 aromatic rings. The lowest BCUT2D eigenvalue weighted by molar-refractivity contribution is 0.0997. The number of hydrogen-bond acceptors (Lipinski definition) is 5. The minimum Gasteiger partial charge on any atom is -0.418 e. The molecule has 76 valence electrons. The molecule has 0 aliphatic rings. The Bertz CT molecular complexity index is 466. The van der Waals surface area contributed by atoms with Crippen molar-refractivity contribution in [2.75, 3.05) is 11.1 Å². The molecule has 1 amide bonds. The predicted octanol–water partition coefficient (Wildman–Crippen LogP) is 0.904. The second-order valence-corrected chi connectivity index (χ2v) is 2.75. The van der Waals surface area contributed by atoms with Gasteiger partial charge in [0.25, 0.3) is 11.9 Å². The van der Waals surface area contributed by atoms with E-state index in [2.05, 4.69) is 15.3 Å². The Labute approximate surface area is 85.1 Å². The predicted molar refractivity (Wildman–Crippen MR) is 53.1 cm³/mol. The van der Waals surface area contributed by atoms with E-state index in [1.165, 1.54) is 6.20 Å². The van der Waals surface area contributed by atoms with Crippen LogP contribution in [-0.2, 0) is 0 Å². The van der Waals surface area contributed by atoms with Crippen molar-refractivity contribution >= 4 is 17.6 Å². The number of aromatic nitrogens is 2. The van der Waals surface area contributed by atoms with Crippen LogP contribution in [-0.4, -0.2) is 15.9 Å². The summed E-state index contributed by atoms with van der Waals surface area (Å²) in [6.07, 6.45) is 4.42. The van der Waals surface area contributed by atoms with Gasteiger partial charge in [-0.2, -0.15) is 0 Å². The average Bonchev–Trinajstić information content (AvgIpc) is 2.66. The van der Waals surface area contributed by atoms with E-state index in [4.69, 9.17) is 10.2 Å². The van der Waals surface area contributed by atoms with Gasteiger partial charge in [-0.25, -0.2) is 4.98 Å². The highest BCUT2D eigenvalue weighted by Crippen LogP contribution is 2.09. The third-order valence-corrected chi connectivity index (χ3v) is 1.69. The van der Waals surface area contributed by atoms with Gasteiger partial charge in [-0.3, -0.25) is 9.78 Å². The second kappa shape index (κ2) is 3.79. The fraction of sp³-hybridized carbons (Fsp3) is 0. The number of amides is 1. The van der Waals surface area contributed by atoms with E-state index in [0.717, 1.165) is 0 Å². The van der Waals surface area contributed by atoms with Gasteiger partial charge in [0.05, 0.1) is 6.20 Å². The van der Waals surface area contributed by atoms with E-state index >= 15 is 0 Å². The average molecular weight is 204 g/mol. The molecule has 0 aliphatic heterocycles. The number of carbonyl (C=O) groups is 1. The number of carbonyl (C=O) groups excluding carboxylic acids is 1. The number of pyridine rings is 1. The molecule has 6 nitrogen and oxygen atoms in total. The number of oxazole rings is 1. The van der Waals surface area contributed by atoms with Gasteiger partial charge in [-0.1, -0.05) is 0 Å². The van der Waals surface area contributed by atoms with Crippen molar-refractivity contribution in [3.63, 3.8) is 0 Å². The van der Waals surface area contributed by atoms with Crippen molar-refractivity contribution in [1.82, 2.24) is 9.97 Å². The first-order valence-corrected chi connectivity index (χ1v) is 4.18. The fourth-order valence-electron chi connectivity index (χ4n) is 1.02. The van der Waals surface area contributed by atoms with E-state index in [1.54, 1.807) is 24.5 Å². The molecule has 0 bridgehead atoms. The highest BCUT2D eigenvalue weighted by Gasteiger charge is 2.10. The van der Waals surface area contributed by atoms with Crippen molar-refractivity contribution in [1.29, 1.82) is 0 Å². The summed E-state index contributed by atoms with van der Waals surface area (Å²) in [5.74, 6) is -0.324. The van der Waals surface area contributed by atoms with Crippen LogP contribution in [0.2, 0.25) is 0 Å². The number of nitrogens with one attached hydrogen (secondary N) is 1. The van der Waals surface area contributed by atoms with Crippen molar-refractivity contribution < 1.29 is 9.21 Å². The fourth-order valence-corrected chi connectivity index (χ4v) is 1.02. The smallest absolute Gasteiger partial charge is 0.293 e. The van der Waals surface area contributed by atoms with Gasteiger partial charge >= 0.3 is 0 Å². The van der Waals surface area contributed by atoms with E-state index in [0.29, 0.717) is 5.69 Å². The Morgan fingerprint density at radius 3 is 2.73 bits per heavy atom. The maximum absolute atomic E-state index is 11.5. The summed E-state index contributed by atoms with van der Waals surface area (Å²) >= 11 is 0. The Morgan fingerprint density at radius 2 is 2.13 bits per heavy atom. The molecule has 6 heteroatoms. The van der Waals surface area contributed by atoms with E-state index in [1.807, 2.05) is 0 Å². The summed E-state index contributed by atoms with van der Waals surface area (Å²) < 4.78 is 4.86. The number of nitrogens with two attached hydrogens (primary N) is 1. The molecule has 2 heterocycles. The molecule has 0 unspecified atom stereocenters. The van der Waals surface area contributed by atoms with Gasteiger partial charge in [0, 0.05) is 18.1 Å². The Balaban J connectivity index is 2.11. The molecule has 0 atom stereocenters. The topological polar surface area (TPSA) is 94.0 Å². The molecule has 0 fully saturated rings. The molecule has 3 N–H and O–H groups in total. The summed E-state index contributed by atoms with van der Waals surface area (Å²) in [7, 11) is 0. The zero-order valence-electron chi connectivity index (χ0n) is 7.68. The summed E-state index contributed by atoms with van der Waals surface area (Å²) in [6, 6.07) is 3.30. The van der Waals surface area contributed by atoms with Gasteiger partial charge in [-0.15, -0.1) is 0 Å². The van der Waals surface area contributed by atoms with Crippen LogP contribution in [0.5, 0.6) is 0 Å². The SMILES string of the molecule is Nc1ncc(C(=O)Nc2ccncc2)o1. The van der Waals surface area contributed by atoms with Crippen LogP contribution in [0.25, 0.3) is 0 Å². The first kappa shape index (κ1) is 9.20. The first-order chi connectivity index (χ1) is 7.25. The second-order valence-electron chi connectivity index (χ2n) is 2.75. The Morgan fingerprint density at radius 1 is 1.40 bits per heavy atom. The number of hydrogen-bond donors (Lipinski definition) is 2. The Hall–Kier alpha value is -2.37. The molecular weight excluding hydrogens is 196 g/mol. The van der Waals surface area contributed by atoms with Crippen molar-refractivity contribution in [3.8, 4) is 0 Å². The van der Waals surface area contributed by atoms with Crippen LogP contribution in [0.1, 0.15) is 10.6 Å². The Kier molecular flexibility index (Phi) is 2.32. The van der Waals surface area contributed by atoms with E-state index in [-0.39, 0.29) is 11.8 Å². The lowest BCUT2D eigenvalue weighted by Gasteiger charge is -2.00. The number of nitrogen functional groups attached to an aromatic ring is 1. The lowest BCUT2D eigenvalue weighted by atomic mass is 10.4. The van der Waals surface area contributed by atoms with E-state index < -0.39 is 5.91 Å². The zero-order valence-corrected chi connectivity index (χ0v) is 7.68. The molecule has 0 aliphatic carbocycles. The lowest BCUT2D eigenvalue weighted by Crippen LogP contribution is -2.10. The molecule has 0 saturated heterocycles. The summed E-state index contributed by atoms with van der Waals surface area (Å²) in [4.78, 5) is 18.9. The maximum atomic E-state index is 11.5. The number of anilines is 2. The molecular formula is C9H8N4O2. The number of nitrogens with zero attached hydrogens (tertiary/aromatic N) is 2. The zero-order chi connectivity index (χ0) is 10.7. The van der Waals surface area contributed by atoms with Crippen LogP contribution in [0, 0.1) is 0 Å². The molecule has 2 aromatic heterocycles. The summed E-state index contributed by atoms with van der Waals surface area (Å²) in [5.41, 5.74) is 5.87. The van der Waals surface area contributed by atoms with Crippen LogP contribution in [0.15, 0.2) is 35.1 Å². The minimum absolute atomic E-state index is 0.0325. The largest absolute Gasteiger partial charge is 0.418 e. The van der Waals surface area contributed by atoms with Gasteiger partial charge in [0.1, 0.15) is 0 Å². The maximum Gasteiger partial charge on any atom is 0.293 e. The van der Waals surface area contributed by atoms with Crippen molar-refractivity contribution in [2.45, 2.75) is 0 Å². The van der Waals surface area contributed by atoms with Crippen LogP contribution >= 0.6 is 0 Å². The van der Waals surface area contributed by atoms with Crippen molar-refractivity contribution in [2.24, 2.45) is 0 Å². The van der Waals surface area contributed by atoms with Gasteiger partial charge in [0.15, 0.2) is 0 Å². The quantitative estimate of drug-likeness (QED) is 0.758. The third-order valence-electron chi connectivity index (χ3n) is 1.69. The third kappa shape index (κ3) is 2.11. The monoisotopic (exact) mass is 204 g/mol. The molecule has 15 heavy (non-hydrogen) atoms. The van der Waals surface area contributed by atoms with Gasteiger partial charge < -0.3 is 15.5 Å². The number of rotatable bonds is 2. The minimum atomic E-state index is -0.398. The standard InChI is InChI=1S/C9H8N4O2/c10-9-12-5-7(15-9)8(14)13-6-1-3-11-4-2-6/h1-5H,(H2,10,12)(H,11,13,14). The normalized spacial score (nSPS) is 9.87. The highest BCUT2D eigenvalue weighted by molar-refractivity contribution is 6.02. The van der Waals surface area contributed by atoms with Gasteiger partial charge in [0.2, 0.25) is 5.76 Å². The molecule has 0 spiro atoms. The molecule has 0 saturated carbocycles. The van der Waals surface area contributed by atoms with Gasteiger partial charge in [-0.05, 0) is 12.1 Å². The van der Waals surface area contributed by atoms with Crippen LogP contribution in [0.4, 0.5) is 11.7 Å². The molecule has 2 rings (SSSR count). The highest BCUT2D eigenvalue weighted by atomic mass is 16.4. The molecule has 0 aromatic carbocycles. The summed E-state index contributed by atoms with van der Waals surface area (Å²) in [5, 5.41) is 2.60.